The van der Waals surface area contributed by atoms with Crippen LogP contribution in [0.2, 0.25) is 0 Å². The Morgan fingerprint density at radius 3 is 2.53 bits per heavy atom. The Morgan fingerprint density at radius 2 is 1.76 bits per heavy atom. The number of hydrogen-bond donors (Lipinski definition) is 1. The number of rotatable bonds is 5. The molecule has 1 fully saturated rings. The highest BCUT2D eigenvalue weighted by atomic mass is 16.5. The molecule has 0 amide bonds. The second-order valence-corrected chi connectivity index (χ2v) is 9.29. The highest BCUT2D eigenvalue weighted by Gasteiger charge is 2.17. The fourth-order valence-electron chi connectivity index (χ4n) is 5.18. The fourth-order valence-corrected chi connectivity index (χ4v) is 5.18. The summed E-state index contributed by atoms with van der Waals surface area (Å²) in [7, 11) is 3.08. The Balaban J connectivity index is 1.55. The van der Waals surface area contributed by atoms with Gasteiger partial charge in [-0.3, -0.25) is 14.3 Å². The van der Waals surface area contributed by atoms with Crippen molar-refractivity contribution in [1.29, 1.82) is 0 Å². The van der Waals surface area contributed by atoms with Crippen LogP contribution in [0, 0.1) is 6.92 Å². The highest BCUT2D eigenvalue weighted by molar-refractivity contribution is 6.05. The molecule has 0 unspecified atom stereocenters. The molecule has 0 radical (unpaired) electrons. The van der Waals surface area contributed by atoms with E-state index in [0.29, 0.717) is 11.4 Å². The van der Waals surface area contributed by atoms with Crippen molar-refractivity contribution >= 4 is 27.5 Å². The van der Waals surface area contributed by atoms with Crippen LogP contribution in [0.1, 0.15) is 5.56 Å². The number of benzene rings is 2. The molecule has 38 heavy (non-hydrogen) atoms. The number of ether oxygens (including phenoxy) is 2. The Labute approximate surface area is 219 Å². The molecule has 1 aliphatic heterocycles. The molecule has 1 saturated heterocycles. The number of piperazine rings is 1. The molecule has 6 rings (SSSR count). The van der Waals surface area contributed by atoms with Gasteiger partial charge < -0.3 is 19.7 Å². The molecule has 0 bridgehead atoms. The van der Waals surface area contributed by atoms with E-state index in [-0.39, 0.29) is 11.6 Å². The highest BCUT2D eigenvalue weighted by Crippen LogP contribution is 2.34. The van der Waals surface area contributed by atoms with Crippen molar-refractivity contribution in [3.63, 3.8) is 0 Å². The number of nitrogens with zero attached hydrogens (tertiary/aromatic N) is 5. The molecule has 3 aromatic heterocycles. The molecule has 0 aliphatic carbocycles. The largest absolute Gasteiger partial charge is 0.480 e. The van der Waals surface area contributed by atoms with Crippen LogP contribution in [0.15, 0.2) is 65.7 Å². The predicted molar refractivity (Wildman–Crippen MR) is 149 cm³/mol. The smallest absolute Gasteiger partial charge is 0.319 e. The van der Waals surface area contributed by atoms with Crippen LogP contribution in [0.25, 0.3) is 38.6 Å². The van der Waals surface area contributed by atoms with Crippen LogP contribution in [0.5, 0.6) is 11.9 Å². The van der Waals surface area contributed by atoms with Crippen LogP contribution in [0.4, 0.5) is 5.69 Å². The summed E-state index contributed by atoms with van der Waals surface area (Å²) in [6.45, 7) is 5.97. The van der Waals surface area contributed by atoms with E-state index in [1.54, 1.807) is 23.9 Å². The van der Waals surface area contributed by atoms with E-state index in [2.05, 4.69) is 44.2 Å². The Kier molecular flexibility index (Phi) is 6.13. The standard InChI is InChI=1S/C29H28N6O3/c1-18-14-21(6-8-25(18)34-12-10-30-11-13-34)35-26(36)9-5-20-16-31-24-7-4-19(15-22(24)27(20)35)23-17-32-29(38-3)33-28(23)37-2/h4-9,14-17,30H,10-13H2,1-3H3. The lowest BCUT2D eigenvalue weighted by atomic mass is 10.0. The van der Waals surface area contributed by atoms with Crippen molar-refractivity contribution in [3.05, 3.63) is 76.8 Å². The third kappa shape index (κ3) is 4.10. The average molecular weight is 509 g/mol. The van der Waals surface area contributed by atoms with Gasteiger partial charge in [0.2, 0.25) is 5.88 Å². The first kappa shape index (κ1) is 23.9. The van der Waals surface area contributed by atoms with E-state index >= 15 is 0 Å². The van der Waals surface area contributed by atoms with Crippen molar-refractivity contribution < 1.29 is 9.47 Å². The average Bonchev–Trinajstić information content (AvgIpc) is 2.96. The van der Waals surface area contributed by atoms with Gasteiger partial charge in [-0.05, 0) is 54.4 Å². The number of nitrogens with one attached hydrogen (secondary N) is 1. The van der Waals surface area contributed by atoms with E-state index < -0.39 is 0 Å². The van der Waals surface area contributed by atoms with E-state index in [4.69, 9.17) is 9.47 Å². The molecule has 4 heterocycles. The molecule has 5 aromatic rings. The zero-order valence-electron chi connectivity index (χ0n) is 21.6. The van der Waals surface area contributed by atoms with Crippen molar-refractivity contribution in [1.82, 2.24) is 24.8 Å². The summed E-state index contributed by atoms with van der Waals surface area (Å²) in [5.41, 5.74) is 6.19. The van der Waals surface area contributed by atoms with Gasteiger partial charge in [-0.2, -0.15) is 4.98 Å². The van der Waals surface area contributed by atoms with Gasteiger partial charge >= 0.3 is 6.01 Å². The van der Waals surface area contributed by atoms with Gasteiger partial charge in [0.1, 0.15) is 0 Å². The van der Waals surface area contributed by atoms with E-state index in [0.717, 1.165) is 64.8 Å². The zero-order valence-corrected chi connectivity index (χ0v) is 21.6. The SMILES string of the molecule is COc1ncc(-c2ccc3ncc4ccc(=O)n(-c5ccc(N6CCNCC6)c(C)c5)c4c3c2)c(OC)n1. The molecular weight excluding hydrogens is 480 g/mol. The molecule has 1 aliphatic rings. The van der Waals surface area contributed by atoms with Gasteiger partial charge in [0, 0.05) is 66.8 Å². The zero-order chi connectivity index (χ0) is 26.2. The maximum Gasteiger partial charge on any atom is 0.319 e. The van der Waals surface area contributed by atoms with Crippen LogP contribution in [-0.4, -0.2) is 59.9 Å². The Hall–Kier alpha value is -4.50. The summed E-state index contributed by atoms with van der Waals surface area (Å²) in [5, 5.41) is 5.12. The van der Waals surface area contributed by atoms with Crippen molar-refractivity contribution in [2.24, 2.45) is 0 Å². The molecule has 0 spiro atoms. The van der Waals surface area contributed by atoms with Gasteiger partial charge in [0.05, 0.1) is 30.8 Å². The molecule has 0 saturated carbocycles. The maximum absolute atomic E-state index is 13.4. The minimum Gasteiger partial charge on any atom is -0.480 e. The number of hydrogen-bond acceptors (Lipinski definition) is 8. The number of methoxy groups -OCH3 is 2. The number of anilines is 1. The van der Waals surface area contributed by atoms with Crippen molar-refractivity contribution in [2.45, 2.75) is 6.92 Å². The summed E-state index contributed by atoms with van der Waals surface area (Å²) in [5.74, 6) is 0.404. The van der Waals surface area contributed by atoms with E-state index in [9.17, 15) is 4.79 Å². The summed E-state index contributed by atoms with van der Waals surface area (Å²) >= 11 is 0. The van der Waals surface area contributed by atoms with Crippen LogP contribution in [0.3, 0.4) is 0 Å². The predicted octanol–water partition coefficient (Wildman–Crippen LogP) is 3.73. The van der Waals surface area contributed by atoms with E-state index in [1.807, 2.05) is 36.5 Å². The number of pyridine rings is 2. The monoisotopic (exact) mass is 508 g/mol. The summed E-state index contributed by atoms with van der Waals surface area (Å²) in [6, 6.07) is 15.8. The van der Waals surface area contributed by atoms with Gasteiger partial charge in [-0.1, -0.05) is 6.07 Å². The first-order valence-electron chi connectivity index (χ1n) is 12.5. The minimum absolute atomic E-state index is 0.102. The van der Waals surface area contributed by atoms with Crippen molar-refractivity contribution in [2.75, 3.05) is 45.3 Å². The Bertz CT molecular complexity index is 1730. The van der Waals surface area contributed by atoms with E-state index in [1.165, 1.54) is 12.8 Å². The second kappa shape index (κ2) is 9.75. The summed E-state index contributed by atoms with van der Waals surface area (Å²) < 4.78 is 12.4. The third-order valence-electron chi connectivity index (χ3n) is 7.03. The summed E-state index contributed by atoms with van der Waals surface area (Å²) in [6.07, 6.45) is 3.49. The normalized spacial score (nSPS) is 13.7. The quantitative estimate of drug-likeness (QED) is 0.359. The lowest BCUT2D eigenvalue weighted by Crippen LogP contribution is -2.43. The van der Waals surface area contributed by atoms with Gasteiger partial charge in [-0.25, -0.2) is 4.98 Å². The number of aryl methyl sites for hydroxylation is 1. The molecule has 192 valence electrons. The van der Waals surface area contributed by atoms with Crippen LogP contribution < -0.4 is 25.2 Å². The molecule has 1 N–H and O–H groups in total. The molecular formula is C29H28N6O3. The topological polar surface area (TPSA) is 94.4 Å². The second-order valence-electron chi connectivity index (χ2n) is 9.29. The Morgan fingerprint density at radius 1 is 0.921 bits per heavy atom. The lowest BCUT2D eigenvalue weighted by molar-refractivity contribution is 0.353. The number of aromatic nitrogens is 4. The molecule has 9 nitrogen and oxygen atoms in total. The lowest BCUT2D eigenvalue weighted by Gasteiger charge is -2.31. The first-order valence-corrected chi connectivity index (χ1v) is 12.5. The fraction of sp³-hybridized carbons (Fsp3) is 0.241. The minimum atomic E-state index is -0.102. The van der Waals surface area contributed by atoms with Crippen LogP contribution >= 0.6 is 0 Å². The molecule has 9 heteroatoms. The summed E-state index contributed by atoms with van der Waals surface area (Å²) in [4.78, 5) is 29.0. The maximum atomic E-state index is 13.4. The number of fused-ring (bicyclic) bond motifs is 3. The van der Waals surface area contributed by atoms with Crippen molar-refractivity contribution in [3.8, 4) is 28.7 Å². The molecule has 0 atom stereocenters. The van der Waals surface area contributed by atoms with Gasteiger partial charge in [-0.15, -0.1) is 0 Å². The van der Waals surface area contributed by atoms with Crippen LogP contribution in [-0.2, 0) is 0 Å². The van der Waals surface area contributed by atoms with Gasteiger partial charge in [0.25, 0.3) is 5.56 Å². The molecule has 2 aromatic carbocycles. The third-order valence-corrected chi connectivity index (χ3v) is 7.03. The first-order chi connectivity index (χ1) is 18.6. The van der Waals surface area contributed by atoms with Gasteiger partial charge in [0.15, 0.2) is 0 Å².